The van der Waals surface area contributed by atoms with Gasteiger partial charge in [-0.15, -0.1) is 0 Å². The van der Waals surface area contributed by atoms with E-state index in [-0.39, 0.29) is 24.9 Å². The molecule has 28 heavy (non-hydrogen) atoms. The molecule has 0 atom stereocenters. The number of hydrogen-bond donors (Lipinski definition) is 1. The molecular weight excluding hydrogens is 358 g/mol. The Morgan fingerprint density at radius 1 is 1.14 bits per heavy atom. The number of nitrogens with one attached hydrogen (secondary N) is 1. The molecule has 0 bridgehead atoms. The molecule has 1 N–H and O–H groups in total. The van der Waals surface area contributed by atoms with Gasteiger partial charge in [0.15, 0.2) is 23.9 Å². The molecule has 3 rings (SSSR count). The number of amides is 1. The number of rotatable bonds is 7. The molecule has 2 aromatic carbocycles. The summed E-state index contributed by atoms with van der Waals surface area (Å²) in [4.78, 5) is 24.3. The first-order valence-corrected chi connectivity index (χ1v) is 9.25. The lowest BCUT2D eigenvalue weighted by atomic mass is 9.98. The van der Waals surface area contributed by atoms with Crippen LogP contribution in [0.3, 0.4) is 0 Å². The SMILES string of the molecule is CCNC(=O)COc1ccc(/C=C2\COc3ccccc3C2=O)cc1OCC. The van der Waals surface area contributed by atoms with Crippen LogP contribution in [0.4, 0.5) is 0 Å². The normalized spacial score (nSPS) is 14.2. The summed E-state index contributed by atoms with van der Waals surface area (Å²) in [6.07, 6.45) is 1.79. The van der Waals surface area contributed by atoms with Crippen molar-refractivity contribution in [1.82, 2.24) is 5.32 Å². The molecule has 146 valence electrons. The maximum atomic E-state index is 12.7. The highest BCUT2D eigenvalue weighted by molar-refractivity contribution is 6.14. The van der Waals surface area contributed by atoms with E-state index in [1.54, 1.807) is 30.3 Å². The Hall–Kier alpha value is -3.28. The number of para-hydroxylation sites is 1. The van der Waals surface area contributed by atoms with Crippen LogP contribution in [0.1, 0.15) is 29.8 Å². The zero-order valence-corrected chi connectivity index (χ0v) is 16.0. The van der Waals surface area contributed by atoms with Crippen LogP contribution in [0.5, 0.6) is 17.2 Å². The molecule has 6 heteroatoms. The number of carbonyl (C=O) groups excluding carboxylic acids is 2. The number of carbonyl (C=O) groups is 2. The van der Waals surface area contributed by atoms with Crippen molar-refractivity contribution in [2.45, 2.75) is 13.8 Å². The molecule has 0 saturated heterocycles. The van der Waals surface area contributed by atoms with Crippen LogP contribution in [0.2, 0.25) is 0 Å². The summed E-state index contributed by atoms with van der Waals surface area (Å²) in [5.41, 5.74) is 1.92. The van der Waals surface area contributed by atoms with E-state index in [4.69, 9.17) is 14.2 Å². The number of ketones is 1. The Morgan fingerprint density at radius 3 is 2.75 bits per heavy atom. The second-order valence-corrected chi connectivity index (χ2v) is 6.16. The van der Waals surface area contributed by atoms with E-state index in [1.807, 2.05) is 32.0 Å². The average molecular weight is 381 g/mol. The van der Waals surface area contributed by atoms with E-state index in [0.717, 1.165) is 5.56 Å². The van der Waals surface area contributed by atoms with Gasteiger partial charge in [-0.05, 0) is 49.8 Å². The van der Waals surface area contributed by atoms with Gasteiger partial charge in [-0.25, -0.2) is 0 Å². The first-order valence-electron chi connectivity index (χ1n) is 9.25. The molecule has 6 nitrogen and oxygen atoms in total. The van der Waals surface area contributed by atoms with Gasteiger partial charge in [0.05, 0.1) is 12.2 Å². The summed E-state index contributed by atoms with van der Waals surface area (Å²) in [5.74, 6) is 1.36. The Labute approximate surface area is 164 Å². The van der Waals surface area contributed by atoms with Gasteiger partial charge >= 0.3 is 0 Å². The van der Waals surface area contributed by atoms with Crippen molar-refractivity contribution in [3.63, 3.8) is 0 Å². The minimum atomic E-state index is -0.195. The summed E-state index contributed by atoms with van der Waals surface area (Å²) in [5, 5.41) is 2.68. The highest BCUT2D eigenvalue weighted by Crippen LogP contribution is 2.31. The van der Waals surface area contributed by atoms with Crippen molar-refractivity contribution in [3.05, 3.63) is 59.2 Å². The van der Waals surface area contributed by atoms with E-state index in [1.165, 1.54) is 0 Å². The number of fused-ring (bicyclic) bond motifs is 1. The molecule has 1 aliphatic rings. The monoisotopic (exact) mass is 381 g/mol. The second kappa shape index (κ2) is 9.08. The van der Waals surface area contributed by atoms with Crippen molar-refractivity contribution < 1.29 is 23.8 Å². The predicted octanol–water partition coefficient (Wildman–Crippen LogP) is 3.26. The Kier molecular flexibility index (Phi) is 6.32. The van der Waals surface area contributed by atoms with Crippen molar-refractivity contribution in [2.75, 3.05) is 26.4 Å². The molecule has 1 heterocycles. The van der Waals surface area contributed by atoms with E-state index < -0.39 is 0 Å². The van der Waals surface area contributed by atoms with E-state index in [0.29, 0.717) is 41.5 Å². The third kappa shape index (κ3) is 4.52. The zero-order valence-electron chi connectivity index (χ0n) is 16.0. The lowest BCUT2D eigenvalue weighted by Crippen LogP contribution is -2.28. The molecule has 0 unspecified atom stereocenters. The lowest BCUT2D eigenvalue weighted by Gasteiger charge is -2.18. The quantitative estimate of drug-likeness (QED) is 0.745. The fourth-order valence-corrected chi connectivity index (χ4v) is 2.88. The Morgan fingerprint density at radius 2 is 1.96 bits per heavy atom. The molecule has 0 saturated carbocycles. The van der Waals surface area contributed by atoms with Gasteiger partial charge in [0.1, 0.15) is 12.4 Å². The zero-order chi connectivity index (χ0) is 19.9. The van der Waals surface area contributed by atoms with Crippen LogP contribution in [0.25, 0.3) is 6.08 Å². The standard InChI is InChI=1S/C22H23NO5/c1-3-23-21(24)14-28-19-10-9-15(12-20(19)26-4-2)11-16-13-27-18-8-6-5-7-17(18)22(16)25/h5-12H,3-4,13-14H2,1-2H3,(H,23,24)/b16-11+. The minimum absolute atomic E-state index is 0.0450. The van der Waals surface area contributed by atoms with Crippen LogP contribution in [-0.4, -0.2) is 38.1 Å². The van der Waals surface area contributed by atoms with Gasteiger partial charge in [0, 0.05) is 12.1 Å². The summed E-state index contributed by atoms with van der Waals surface area (Å²) >= 11 is 0. The van der Waals surface area contributed by atoms with Crippen LogP contribution >= 0.6 is 0 Å². The van der Waals surface area contributed by atoms with Gasteiger partial charge in [0.2, 0.25) is 0 Å². The largest absolute Gasteiger partial charge is 0.490 e. The third-order valence-corrected chi connectivity index (χ3v) is 4.15. The van der Waals surface area contributed by atoms with E-state index in [2.05, 4.69) is 5.32 Å². The van der Waals surface area contributed by atoms with Gasteiger partial charge in [0.25, 0.3) is 5.91 Å². The fraction of sp³-hybridized carbons (Fsp3) is 0.273. The van der Waals surface area contributed by atoms with E-state index >= 15 is 0 Å². The molecule has 0 aromatic heterocycles. The van der Waals surface area contributed by atoms with Crippen molar-refractivity contribution in [1.29, 1.82) is 0 Å². The fourth-order valence-electron chi connectivity index (χ4n) is 2.88. The Bertz CT molecular complexity index is 904. The maximum absolute atomic E-state index is 12.7. The summed E-state index contributed by atoms with van der Waals surface area (Å²) in [6, 6.07) is 12.5. The van der Waals surface area contributed by atoms with Crippen molar-refractivity contribution >= 4 is 17.8 Å². The molecule has 0 spiro atoms. The summed E-state index contributed by atoms with van der Waals surface area (Å²) < 4.78 is 16.9. The molecule has 0 aliphatic carbocycles. The van der Waals surface area contributed by atoms with Crippen LogP contribution in [0.15, 0.2) is 48.0 Å². The van der Waals surface area contributed by atoms with Gasteiger partial charge in [-0.3, -0.25) is 9.59 Å². The highest BCUT2D eigenvalue weighted by Gasteiger charge is 2.22. The highest BCUT2D eigenvalue weighted by atomic mass is 16.5. The predicted molar refractivity (Wildman–Crippen MR) is 106 cm³/mol. The van der Waals surface area contributed by atoms with Crippen LogP contribution < -0.4 is 19.5 Å². The summed E-state index contributed by atoms with van der Waals surface area (Å²) in [6.45, 7) is 4.85. The minimum Gasteiger partial charge on any atom is -0.490 e. The maximum Gasteiger partial charge on any atom is 0.257 e. The summed E-state index contributed by atoms with van der Waals surface area (Å²) in [7, 11) is 0. The average Bonchev–Trinajstić information content (AvgIpc) is 2.70. The van der Waals surface area contributed by atoms with E-state index in [9.17, 15) is 9.59 Å². The van der Waals surface area contributed by atoms with Gasteiger partial charge in [-0.1, -0.05) is 18.2 Å². The molecule has 0 radical (unpaired) electrons. The second-order valence-electron chi connectivity index (χ2n) is 6.16. The van der Waals surface area contributed by atoms with Crippen LogP contribution in [-0.2, 0) is 4.79 Å². The van der Waals surface area contributed by atoms with Gasteiger partial charge < -0.3 is 19.5 Å². The number of Topliss-reactive ketones (excluding diaryl/α,β-unsaturated/α-hetero) is 1. The third-order valence-electron chi connectivity index (χ3n) is 4.15. The number of benzene rings is 2. The van der Waals surface area contributed by atoms with Crippen LogP contribution in [0, 0.1) is 0 Å². The van der Waals surface area contributed by atoms with Crippen molar-refractivity contribution in [2.24, 2.45) is 0 Å². The van der Waals surface area contributed by atoms with Gasteiger partial charge in [-0.2, -0.15) is 0 Å². The van der Waals surface area contributed by atoms with Crippen molar-refractivity contribution in [3.8, 4) is 17.2 Å². The topological polar surface area (TPSA) is 73.9 Å². The number of hydrogen-bond acceptors (Lipinski definition) is 5. The lowest BCUT2D eigenvalue weighted by molar-refractivity contribution is -0.123. The molecular formula is C22H23NO5. The molecule has 1 aliphatic heterocycles. The molecule has 2 aromatic rings. The smallest absolute Gasteiger partial charge is 0.257 e. The first kappa shape index (κ1) is 19.5. The first-order chi connectivity index (χ1) is 13.6. The molecule has 1 amide bonds. The number of ether oxygens (including phenoxy) is 3. The molecule has 0 fully saturated rings. The number of likely N-dealkylation sites (N-methyl/N-ethyl adjacent to an activating group) is 1. The Balaban J connectivity index is 1.81.